The summed E-state index contributed by atoms with van der Waals surface area (Å²) in [6.45, 7) is 0. The van der Waals surface area contributed by atoms with Crippen molar-refractivity contribution >= 4 is 22.6 Å². The highest BCUT2D eigenvalue weighted by atomic mass is 35.5. The first kappa shape index (κ1) is 12.3. The van der Waals surface area contributed by atoms with Gasteiger partial charge < -0.3 is 10.2 Å². The molecule has 0 bridgehead atoms. The molecule has 3 rings (SSSR count). The molecule has 1 aromatic heterocycles. The lowest BCUT2D eigenvalue weighted by molar-refractivity contribution is 0.494. The van der Waals surface area contributed by atoms with Crippen LogP contribution in [0.15, 0.2) is 59.0 Å². The minimum atomic E-state index is -0.145. The Labute approximate surface area is 116 Å². The lowest BCUT2D eigenvalue weighted by Crippen LogP contribution is -2.12. The number of nitrogens with two attached hydrogens (primary N) is 1. The maximum Gasteiger partial charge on any atom is 0.134 e. The zero-order valence-electron chi connectivity index (χ0n) is 10.3. The monoisotopic (exact) mass is 271 g/mol. The van der Waals surface area contributed by atoms with Gasteiger partial charge in [-0.25, -0.2) is 0 Å². The zero-order valence-corrected chi connectivity index (χ0v) is 11.1. The molecule has 0 aliphatic rings. The van der Waals surface area contributed by atoms with E-state index in [0.717, 1.165) is 23.2 Å². The summed E-state index contributed by atoms with van der Waals surface area (Å²) in [5.74, 6) is 0.793. The highest BCUT2D eigenvalue weighted by Gasteiger charge is 2.12. The number of benzene rings is 2. The van der Waals surface area contributed by atoms with Crippen molar-refractivity contribution in [2.75, 3.05) is 0 Å². The Balaban J connectivity index is 1.87. The van der Waals surface area contributed by atoms with Crippen molar-refractivity contribution in [3.05, 3.63) is 70.9 Å². The average Bonchev–Trinajstić information content (AvgIpc) is 2.83. The Bertz CT molecular complexity index is 690. The fourth-order valence-corrected chi connectivity index (χ4v) is 2.37. The summed E-state index contributed by atoms with van der Waals surface area (Å²) in [5.41, 5.74) is 8.23. The predicted octanol–water partition coefficient (Wildman–Crippen LogP) is 4.33. The third kappa shape index (κ3) is 2.65. The van der Waals surface area contributed by atoms with Crippen LogP contribution in [-0.4, -0.2) is 0 Å². The molecule has 0 saturated carbocycles. The summed E-state index contributed by atoms with van der Waals surface area (Å²) < 4.78 is 5.77. The minimum absolute atomic E-state index is 0.145. The van der Waals surface area contributed by atoms with Gasteiger partial charge in [0.15, 0.2) is 0 Å². The van der Waals surface area contributed by atoms with Gasteiger partial charge in [0.25, 0.3) is 0 Å². The van der Waals surface area contributed by atoms with Gasteiger partial charge in [0.1, 0.15) is 11.3 Å². The SMILES string of the molecule is NC(Cc1ccccc1)c1cc2cc(Cl)ccc2o1. The number of fused-ring (bicyclic) bond motifs is 1. The van der Waals surface area contributed by atoms with Gasteiger partial charge in [-0.15, -0.1) is 0 Å². The Morgan fingerprint density at radius 3 is 2.63 bits per heavy atom. The van der Waals surface area contributed by atoms with Crippen molar-refractivity contribution in [2.45, 2.75) is 12.5 Å². The van der Waals surface area contributed by atoms with Crippen LogP contribution in [0.25, 0.3) is 11.0 Å². The highest BCUT2D eigenvalue weighted by molar-refractivity contribution is 6.31. The van der Waals surface area contributed by atoms with Gasteiger partial charge >= 0.3 is 0 Å². The van der Waals surface area contributed by atoms with Crippen molar-refractivity contribution in [1.82, 2.24) is 0 Å². The van der Waals surface area contributed by atoms with Gasteiger partial charge in [-0.2, -0.15) is 0 Å². The molecule has 2 nitrogen and oxygen atoms in total. The summed E-state index contributed by atoms with van der Waals surface area (Å²) in [5, 5.41) is 1.70. The summed E-state index contributed by atoms with van der Waals surface area (Å²) >= 11 is 5.96. The maximum atomic E-state index is 6.20. The summed E-state index contributed by atoms with van der Waals surface area (Å²) in [6.07, 6.45) is 0.758. The topological polar surface area (TPSA) is 39.2 Å². The van der Waals surface area contributed by atoms with E-state index >= 15 is 0 Å². The van der Waals surface area contributed by atoms with E-state index in [4.69, 9.17) is 21.8 Å². The molecule has 3 heteroatoms. The smallest absolute Gasteiger partial charge is 0.134 e. The molecule has 0 amide bonds. The highest BCUT2D eigenvalue weighted by Crippen LogP contribution is 2.27. The van der Waals surface area contributed by atoms with E-state index in [1.807, 2.05) is 42.5 Å². The van der Waals surface area contributed by atoms with Crippen LogP contribution in [0.1, 0.15) is 17.4 Å². The first-order valence-electron chi connectivity index (χ1n) is 6.21. The van der Waals surface area contributed by atoms with Crippen LogP contribution < -0.4 is 5.73 Å². The molecule has 96 valence electrons. The number of rotatable bonds is 3. The molecule has 0 radical (unpaired) electrons. The van der Waals surface area contributed by atoms with E-state index in [2.05, 4.69) is 12.1 Å². The van der Waals surface area contributed by atoms with Crippen molar-refractivity contribution in [2.24, 2.45) is 5.73 Å². The minimum Gasteiger partial charge on any atom is -0.459 e. The first-order valence-corrected chi connectivity index (χ1v) is 6.59. The third-order valence-electron chi connectivity index (χ3n) is 3.16. The molecule has 0 fully saturated rings. The summed E-state index contributed by atoms with van der Waals surface area (Å²) in [6, 6.07) is 17.6. The molecule has 1 atom stereocenters. The van der Waals surface area contributed by atoms with Crippen LogP contribution in [0.5, 0.6) is 0 Å². The van der Waals surface area contributed by atoms with Crippen LogP contribution in [0, 0.1) is 0 Å². The number of hydrogen-bond donors (Lipinski definition) is 1. The van der Waals surface area contributed by atoms with Gasteiger partial charge in [0, 0.05) is 10.4 Å². The zero-order chi connectivity index (χ0) is 13.2. The van der Waals surface area contributed by atoms with Gasteiger partial charge in [0.05, 0.1) is 6.04 Å². The Hall–Kier alpha value is -1.77. The van der Waals surface area contributed by atoms with Crippen molar-refractivity contribution in [3.8, 4) is 0 Å². The van der Waals surface area contributed by atoms with Crippen molar-refractivity contribution in [3.63, 3.8) is 0 Å². The molecule has 19 heavy (non-hydrogen) atoms. The molecular weight excluding hydrogens is 258 g/mol. The molecule has 0 saturated heterocycles. The second kappa shape index (κ2) is 5.08. The quantitative estimate of drug-likeness (QED) is 0.770. The second-order valence-electron chi connectivity index (χ2n) is 4.63. The Morgan fingerprint density at radius 2 is 1.84 bits per heavy atom. The number of hydrogen-bond acceptors (Lipinski definition) is 2. The average molecular weight is 272 g/mol. The van der Waals surface area contributed by atoms with Crippen LogP contribution in [0.4, 0.5) is 0 Å². The maximum absolute atomic E-state index is 6.20. The van der Waals surface area contributed by atoms with Gasteiger partial charge in [-0.1, -0.05) is 41.9 Å². The van der Waals surface area contributed by atoms with Gasteiger partial charge in [0.2, 0.25) is 0 Å². The molecule has 0 aliphatic heterocycles. The largest absolute Gasteiger partial charge is 0.459 e. The molecule has 1 unspecified atom stereocenters. The van der Waals surface area contributed by atoms with E-state index in [0.29, 0.717) is 5.02 Å². The molecule has 1 heterocycles. The van der Waals surface area contributed by atoms with E-state index in [1.165, 1.54) is 5.56 Å². The molecule has 3 aromatic rings. The number of halogens is 1. The molecule has 0 aliphatic carbocycles. The summed E-state index contributed by atoms with van der Waals surface area (Å²) in [7, 11) is 0. The molecule has 0 spiro atoms. The summed E-state index contributed by atoms with van der Waals surface area (Å²) in [4.78, 5) is 0. The van der Waals surface area contributed by atoms with Crippen LogP contribution in [-0.2, 0) is 6.42 Å². The van der Waals surface area contributed by atoms with Crippen molar-refractivity contribution in [1.29, 1.82) is 0 Å². The van der Waals surface area contributed by atoms with Crippen LogP contribution >= 0.6 is 11.6 Å². The Kier molecular flexibility index (Phi) is 3.28. The van der Waals surface area contributed by atoms with Gasteiger partial charge in [-0.05, 0) is 36.2 Å². The van der Waals surface area contributed by atoms with E-state index in [9.17, 15) is 0 Å². The van der Waals surface area contributed by atoms with E-state index in [1.54, 1.807) is 0 Å². The third-order valence-corrected chi connectivity index (χ3v) is 3.40. The Morgan fingerprint density at radius 1 is 1.05 bits per heavy atom. The second-order valence-corrected chi connectivity index (χ2v) is 5.06. The molecule has 2 aromatic carbocycles. The fraction of sp³-hybridized carbons (Fsp3) is 0.125. The predicted molar refractivity (Wildman–Crippen MR) is 78.3 cm³/mol. The van der Waals surface area contributed by atoms with Gasteiger partial charge in [-0.3, -0.25) is 0 Å². The number of furan rings is 1. The first-order chi connectivity index (χ1) is 9.22. The normalized spacial score (nSPS) is 12.7. The van der Waals surface area contributed by atoms with Crippen molar-refractivity contribution < 1.29 is 4.42 Å². The molecular formula is C16H14ClNO. The van der Waals surface area contributed by atoms with E-state index in [-0.39, 0.29) is 6.04 Å². The lowest BCUT2D eigenvalue weighted by atomic mass is 10.0. The van der Waals surface area contributed by atoms with Crippen LogP contribution in [0.3, 0.4) is 0 Å². The van der Waals surface area contributed by atoms with Crippen LogP contribution in [0.2, 0.25) is 5.02 Å². The molecule has 2 N–H and O–H groups in total. The lowest BCUT2D eigenvalue weighted by Gasteiger charge is -2.08. The standard InChI is InChI=1S/C16H14ClNO/c17-13-6-7-15-12(9-13)10-16(19-15)14(18)8-11-4-2-1-3-5-11/h1-7,9-10,14H,8,18H2. The fourth-order valence-electron chi connectivity index (χ4n) is 2.19. The van der Waals surface area contributed by atoms with E-state index < -0.39 is 0 Å².